The topological polar surface area (TPSA) is 21.3 Å². The zero-order valence-corrected chi connectivity index (χ0v) is 11.4. The van der Waals surface area contributed by atoms with E-state index in [0.717, 1.165) is 17.6 Å². The van der Waals surface area contributed by atoms with Crippen molar-refractivity contribution in [1.29, 1.82) is 0 Å². The van der Waals surface area contributed by atoms with Gasteiger partial charge in [0, 0.05) is 18.7 Å². The molecule has 1 N–H and O–H groups in total. The Bertz CT molecular complexity index is 401. The number of benzene rings is 1. The number of ether oxygens (including phenoxy) is 1. The van der Waals surface area contributed by atoms with Gasteiger partial charge in [-0.1, -0.05) is 27.4 Å². The van der Waals surface area contributed by atoms with E-state index in [-0.39, 0.29) is 5.82 Å². The van der Waals surface area contributed by atoms with Gasteiger partial charge in [-0.05, 0) is 29.7 Å². The van der Waals surface area contributed by atoms with Crippen LogP contribution in [0.4, 0.5) is 4.39 Å². The molecule has 0 aromatic heterocycles. The molecule has 0 saturated carbocycles. The maximum Gasteiger partial charge on any atom is 0.127 e. The van der Waals surface area contributed by atoms with Crippen molar-refractivity contribution >= 4 is 0 Å². The molecule has 3 heteroatoms. The molecule has 0 aliphatic carbocycles. The van der Waals surface area contributed by atoms with Crippen LogP contribution in [0, 0.1) is 5.82 Å². The van der Waals surface area contributed by atoms with E-state index >= 15 is 0 Å². The summed E-state index contributed by atoms with van der Waals surface area (Å²) in [6.07, 6.45) is 0.872. The van der Waals surface area contributed by atoms with Crippen LogP contribution in [0.1, 0.15) is 32.8 Å². The van der Waals surface area contributed by atoms with E-state index in [4.69, 9.17) is 4.74 Å². The Hall–Kier alpha value is -1.35. The van der Waals surface area contributed by atoms with Crippen LogP contribution >= 0.6 is 0 Å². The molecule has 0 aliphatic heterocycles. The summed E-state index contributed by atoms with van der Waals surface area (Å²) in [6, 6.07) is 5.16. The van der Waals surface area contributed by atoms with Gasteiger partial charge in [0.05, 0.1) is 0 Å². The molecule has 100 valence electrons. The fourth-order valence-electron chi connectivity index (χ4n) is 1.42. The highest BCUT2D eigenvalue weighted by molar-refractivity contribution is 5.30. The first-order valence-electron chi connectivity index (χ1n) is 6.33. The maximum absolute atomic E-state index is 13.4. The molecule has 1 rings (SSSR count). The molecule has 18 heavy (non-hydrogen) atoms. The molecule has 0 unspecified atom stereocenters. The van der Waals surface area contributed by atoms with Crippen LogP contribution in [0.15, 0.2) is 30.4 Å². The molecule has 1 aromatic carbocycles. The van der Waals surface area contributed by atoms with E-state index in [1.165, 1.54) is 12.1 Å². The van der Waals surface area contributed by atoms with Gasteiger partial charge in [0.1, 0.15) is 18.2 Å². The van der Waals surface area contributed by atoms with Gasteiger partial charge in [-0.25, -0.2) is 4.39 Å². The average molecular weight is 251 g/mol. The van der Waals surface area contributed by atoms with Crippen LogP contribution in [0.25, 0.3) is 0 Å². The zero-order chi connectivity index (χ0) is 13.5. The van der Waals surface area contributed by atoms with Crippen molar-refractivity contribution in [3.63, 3.8) is 0 Å². The molecule has 0 heterocycles. The van der Waals surface area contributed by atoms with Crippen molar-refractivity contribution < 1.29 is 9.13 Å². The van der Waals surface area contributed by atoms with Crippen molar-refractivity contribution in [1.82, 2.24) is 5.32 Å². The molecule has 0 atom stereocenters. The van der Waals surface area contributed by atoms with E-state index < -0.39 is 0 Å². The summed E-state index contributed by atoms with van der Waals surface area (Å²) in [7, 11) is 0. The quantitative estimate of drug-likeness (QED) is 0.747. The highest BCUT2D eigenvalue weighted by atomic mass is 19.1. The summed E-state index contributed by atoms with van der Waals surface area (Å²) in [5.41, 5.74) is 1.89. The van der Waals surface area contributed by atoms with Gasteiger partial charge in [0.2, 0.25) is 0 Å². The fraction of sp³-hybridized carbons (Fsp3) is 0.467. The van der Waals surface area contributed by atoms with Crippen LogP contribution < -0.4 is 10.1 Å². The molecule has 0 amide bonds. The van der Waals surface area contributed by atoms with Crippen molar-refractivity contribution in [2.45, 2.75) is 39.8 Å². The second kappa shape index (κ2) is 7.17. The first kappa shape index (κ1) is 14.7. The Morgan fingerprint density at radius 1 is 1.39 bits per heavy atom. The molecule has 0 aliphatic rings. The lowest BCUT2D eigenvalue weighted by Crippen LogP contribution is -2.21. The lowest BCUT2D eigenvalue weighted by atomic mass is 10.2. The third kappa shape index (κ3) is 5.32. The third-order valence-electron chi connectivity index (χ3n) is 2.59. The molecule has 0 fully saturated rings. The second-order valence-corrected chi connectivity index (χ2v) is 4.72. The predicted octanol–water partition coefficient (Wildman–Crippen LogP) is 3.67. The van der Waals surface area contributed by atoms with E-state index in [2.05, 4.69) is 25.7 Å². The van der Waals surface area contributed by atoms with Crippen molar-refractivity contribution in [3.8, 4) is 5.75 Å². The Morgan fingerprint density at radius 3 is 2.72 bits per heavy atom. The molecule has 0 spiro atoms. The average Bonchev–Trinajstić information content (AvgIpc) is 2.33. The smallest absolute Gasteiger partial charge is 0.127 e. The minimum atomic E-state index is -0.268. The summed E-state index contributed by atoms with van der Waals surface area (Å²) < 4.78 is 18.9. The largest absolute Gasteiger partial charge is 0.489 e. The lowest BCUT2D eigenvalue weighted by Gasteiger charge is -2.11. The van der Waals surface area contributed by atoms with E-state index in [0.29, 0.717) is 24.9 Å². The minimum Gasteiger partial charge on any atom is -0.489 e. The summed E-state index contributed by atoms with van der Waals surface area (Å²) in [5, 5.41) is 3.25. The van der Waals surface area contributed by atoms with Crippen LogP contribution in [0.3, 0.4) is 0 Å². The standard InChI is InChI=1S/C15H22FNO/c1-5-12(4)10-18-15-7-13(6-14(16)8-15)9-17-11(2)3/h6-8,11,17H,4-5,9-10H2,1-3H3. The highest BCUT2D eigenvalue weighted by Crippen LogP contribution is 2.17. The van der Waals surface area contributed by atoms with Gasteiger partial charge in [-0.15, -0.1) is 0 Å². The van der Waals surface area contributed by atoms with E-state index in [1.54, 1.807) is 0 Å². The highest BCUT2D eigenvalue weighted by Gasteiger charge is 2.03. The van der Waals surface area contributed by atoms with Crippen LogP contribution in [-0.4, -0.2) is 12.6 Å². The zero-order valence-electron chi connectivity index (χ0n) is 11.4. The number of hydrogen-bond acceptors (Lipinski definition) is 2. The van der Waals surface area contributed by atoms with E-state index in [9.17, 15) is 4.39 Å². The Kier molecular flexibility index (Phi) is 5.86. The number of nitrogens with one attached hydrogen (secondary N) is 1. The molecule has 1 aromatic rings. The monoisotopic (exact) mass is 251 g/mol. The summed E-state index contributed by atoms with van der Waals surface area (Å²) in [5.74, 6) is 0.292. The minimum absolute atomic E-state index is 0.268. The number of halogens is 1. The predicted molar refractivity (Wildman–Crippen MR) is 73.3 cm³/mol. The molecule has 0 bridgehead atoms. The Morgan fingerprint density at radius 2 is 2.11 bits per heavy atom. The van der Waals surface area contributed by atoms with Crippen LogP contribution in [-0.2, 0) is 6.54 Å². The van der Waals surface area contributed by atoms with Crippen LogP contribution in [0.2, 0.25) is 0 Å². The fourth-order valence-corrected chi connectivity index (χ4v) is 1.42. The lowest BCUT2D eigenvalue weighted by molar-refractivity contribution is 0.346. The van der Waals surface area contributed by atoms with Gasteiger partial charge < -0.3 is 10.1 Å². The second-order valence-electron chi connectivity index (χ2n) is 4.72. The summed E-state index contributed by atoms with van der Waals surface area (Å²) >= 11 is 0. The number of hydrogen-bond donors (Lipinski definition) is 1. The van der Waals surface area contributed by atoms with Crippen molar-refractivity contribution in [2.75, 3.05) is 6.61 Å². The first-order chi connectivity index (χ1) is 8.51. The maximum atomic E-state index is 13.4. The van der Waals surface area contributed by atoms with Crippen molar-refractivity contribution in [3.05, 3.63) is 41.7 Å². The van der Waals surface area contributed by atoms with Gasteiger partial charge in [0.15, 0.2) is 0 Å². The SMILES string of the molecule is C=C(CC)COc1cc(F)cc(CNC(C)C)c1. The van der Waals surface area contributed by atoms with Crippen molar-refractivity contribution in [2.24, 2.45) is 0 Å². The Balaban J connectivity index is 2.65. The number of rotatable bonds is 7. The summed E-state index contributed by atoms with van der Waals surface area (Å²) in [6.45, 7) is 11.1. The third-order valence-corrected chi connectivity index (χ3v) is 2.59. The van der Waals surface area contributed by atoms with Crippen LogP contribution in [0.5, 0.6) is 5.75 Å². The molecule has 0 saturated heterocycles. The summed E-state index contributed by atoms with van der Waals surface area (Å²) in [4.78, 5) is 0. The van der Waals surface area contributed by atoms with Gasteiger partial charge >= 0.3 is 0 Å². The molecule has 2 nitrogen and oxygen atoms in total. The normalized spacial score (nSPS) is 10.7. The molecular formula is C15H22FNO. The van der Waals surface area contributed by atoms with E-state index in [1.807, 2.05) is 13.0 Å². The molecular weight excluding hydrogens is 229 g/mol. The molecule has 0 radical (unpaired) electrons. The van der Waals surface area contributed by atoms with Gasteiger partial charge in [-0.3, -0.25) is 0 Å². The first-order valence-corrected chi connectivity index (χ1v) is 6.33. The van der Waals surface area contributed by atoms with Gasteiger partial charge in [0.25, 0.3) is 0 Å². The Labute approximate surface area is 109 Å². The van der Waals surface area contributed by atoms with Gasteiger partial charge in [-0.2, -0.15) is 0 Å².